The Hall–Kier alpha value is -1.71. The summed E-state index contributed by atoms with van der Waals surface area (Å²) in [6.45, 7) is 5.40. The van der Waals surface area contributed by atoms with E-state index in [9.17, 15) is 0 Å². The minimum atomic E-state index is 0.240. The van der Waals surface area contributed by atoms with Gasteiger partial charge >= 0.3 is 0 Å². The Bertz CT molecular complexity index is 727. The third kappa shape index (κ3) is 2.85. The molecule has 21 heavy (non-hydrogen) atoms. The second-order valence-electron chi connectivity index (χ2n) is 5.34. The summed E-state index contributed by atoms with van der Waals surface area (Å²) in [5, 5.41) is 10.7. The fourth-order valence-electron chi connectivity index (χ4n) is 2.73. The predicted molar refractivity (Wildman–Crippen MR) is 90.9 cm³/mol. The van der Waals surface area contributed by atoms with Crippen molar-refractivity contribution >= 4 is 22.1 Å². The van der Waals surface area contributed by atoms with Gasteiger partial charge in [0.05, 0.1) is 6.04 Å². The second-order valence-corrected chi connectivity index (χ2v) is 6.08. The molecule has 0 aliphatic carbocycles. The number of hydrogen-bond acceptors (Lipinski definition) is 3. The summed E-state index contributed by atoms with van der Waals surface area (Å²) in [4.78, 5) is 4.31. The van der Waals surface area contributed by atoms with Gasteiger partial charge in [-0.2, -0.15) is 11.3 Å². The zero-order chi connectivity index (χ0) is 14.7. The molecule has 0 saturated heterocycles. The van der Waals surface area contributed by atoms with E-state index in [1.54, 1.807) is 11.3 Å². The molecule has 0 spiro atoms. The third-order valence-corrected chi connectivity index (χ3v) is 4.71. The highest BCUT2D eigenvalue weighted by Gasteiger charge is 2.18. The lowest BCUT2D eigenvalue weighted by molar-refractivity contribution is 0.601. The summed E-state index contributed by atoms with van der Waals surface area (Å²) in [5.74, 6) is 0. The minimum absolute atomic E-state index is 0.240. The highest BCUT2D eigenvalue weighted by atomic mass is 32.1. The molecule has 0 radical (unpaired) electrons. The van der Waals surface area contributed by atoms with Crippen LogP contribution in [-0.4, -0.2) is 11.5 Å². The van der Waals surface area contributed by atoms with Gasteiger partial charge in [0, 0.05) is 17.8 Å². The fraction of sp³-hybridized carbons (Fsp3) is 0.278. The Morgan fingerprint density at radius 3 is 2.86 bits per heavy atom. The molecule has 108 valence electrons. The molecular formula is C18H20N2S. The number of hydrogen-bond donors (Lipinski definition) is 1. The number of aryl methyl sites for hydroxylation is 1. The number of benzene rings is 1. The van der Waals surface area contributed by atoms with Crippen LogP contribution < -0.4 is 5.32 Å². The lowest BCUT2D eigenvalue weighted by atomic mass is 9.94. The summed E-state index contributed by atoms with van der Waals surface area (Å²) < 4.78 is 0. The highest BCUT2D eigenvalue weighted by molar-refractivity contribution is 7.08. The summed E-state index contributed by atoms with van der Waals surface area (Å²) in [6.07, 6.45) is 4.96. The molecule has 3 heteroatoms. The van der Waals surface area contributed by atoms with Gasteiger partial charge in [-0.25, -0.2) is 0 Å². The predicted octanol–water partition coefficient (Wildman–Crippen LogP) is 4.69. The quantitative estimate of drug-likeness (QED) is 0.738. The van der Waals surface area contributed by atoms with Crippen molar-refractivity contribution in [2.45, 2.75) is 26.3 Å². The normalized spacial score (nSPS) is 12.7. The van der Waals surface area contributed by atoms with Crippen LogP contribution in [0.15, 0.2) is 47.4 Å². The van der Waals surface area contributed by atoms with Gasteiger partial charge in [-0.05, 0) is 58.8 Å². The van der Waals surface area contributed by atoms with Crippen molar-refractivity contribution in [3.8, 4) is 0 Å². The molecule has 1 atom stereocenters. The Labute approximate surface area is 129 Å². The van der Waals surface area contributed by atoms with Gasteiger partial charge in [0.1, 0.15) is 0 Å². The highest BCUT2D eigenvalue weighted by Crippen LogP contribution is 2.31. The average molecular weight is 296 g/mol. The van der Waals surface area contributed by atoms with E-state index in [1.807, 2.05) is 12.4 Å². The Morgan fingerprint density at radius 1 is 1.19 bits per heavy atom. The van der Waals surface area contributed by atoms with E-state index in [2.05, 4.69) is 59.2 Å². The van der Waals surface area contributed by atoms with Gasteiger partial charge < -0.3 is 5.32 Å². The van der Waals surface area contributed by atoms with Crippen LogP contribution in [0.1, 0.15) is 36.1 Å². The van der Waals surface area contributed by atoms with Crippen molar-refractivity contribution in [2.75, 3.05) is 6.54 Å². The molecule has 1 N–H and O–H groups in total. The maximum absolute atomic E-state index is 4.31. The average Bonchev–Trinajstić information content (AvgIpc) is 2.94. The Morgan fingerprint density at radius 2 is 2.10 bits per heavy atom. The molecule has 2 heterocycles. The van der Waals surface area contributed by atoms with Gasteiger partial charge in [0.25, 0.3) is 0 Å². The molecule has 2 nitrogen and oxygen atoms in total. The molecule has 3 rings (SSSR count). The maximum atomic E-state index is 4.31. The van der Waals surface area contributed by atoms with E-state index in [-0.39, 0.29) is 6.04 Å². The molecule has 0 fully saturated rings. The van der Waals surface area contributed by atoms with E-state index in [0.29, 0.717) is 0 Å². The number of rotatable bonds is 5. The van der Waals surface area contributed by atoms with Gasteiger partial charge in [-0.3, -0.25) is 4.98 Å². The smallest absolute Gasteiger partial charge is 0.0594 e. The van der Waals surface area contributed by atoms with Crippen LogP contribution in [0.3, 0.4) is 0 Å². The number of thiophene rings is 1. The van der Waals surface area contributed by atoms with E-state index < -0.39 is 0 Å². The fourth-order valence-corrected chi connectivity index (χ4v) is 3.61. The van der Waals surface area contributed by atoms with Crippen LogP contribution >= 0.6 is 11.3 Å². The zero-order valence-corrected chi connectivity index (χ0v) is 13.3. The van der Waals surface area contributed by atoms with Crippen molar-refractivity contribution < 1.29 is 0 Å². The number of nitrogens with zero attached hydrogens (tertiary/aromatic N) is 1. The molecule has 0 saturated carbocycles. The van der Waals surface area contributed by atoms with E-state index in [1.165, 1.54) is 27.5 Å². The minimum Gasteiger partial charge on any atom is -0.306 e. The summed E-state index contributed by atoms with van der Waals surface area (Å²) in [5.41, 5.74) is 4.05. The first-order valence-electron chi connectivity index (χ1n) is 7.40. The van der Waals surface area contributed by atoms with Gasteiger partial charge in [-0.1, -0.05) is 25.1 Å². The van der Waals surface area contributed by atoms with Crippen LogP contribution in [0.2, 0.25) is 0 Å². The van der Waals surface area contributed by atoms with Crippen molar-refractivity contribution in [1.29, 1.82) is 0 Å². The molecule has 0 aliphatic rings. The van der Waals surface area contributed by atoms with E-state index >= 15 is 0 Å². The number of fused-ring (bicyclic) bond motifs is 1. The summed E-state index contributed by atoms with van der Waals surface area (Å²) in [6, 6.07) is 8.83. The third-order valence-electron chi connectivity index (χ3n) is 3.83. The summed E-state index contributed by atoms with van der Waals surface area (Å²) in [7, 11) is 0. The van der Waals surface area contributed by atoms with Crippen LogP contribution in [0.25, 0.3) is 10.8 Å². The van der Waals surface area contributed by atoms with Gasteiger partial charge in [0.15, 0.2) is 0 Å². The molecule has 1 unspecified atom stereocenters. The van der Waals surface area contributed by atoms with Crippen LogP contribution in [0.4, 0.5) is 0 Å². The van der Waals surface area contributed by atoms with Crippen LogP contribution in [0, 0.1) is 6.92 Å². The van der Waals surface area contributed by atoms with Crippen molar-refractivity contribution in [3.63, 3.8) is 0 Å². The molecule has 0 bridgehead atoms. The van der Waals surface area contributed by atoms with Crippen molar-refractivity contribution in [3.05, 3.63) is 64.1 Å². The Kier molecular flexibility index (Phi) is 4.32. The Balaban J connectivity index is 2.12. The number of aromatic nitrogens is 1. The van der Waals surface area contributed by atoms with Crippen LogP contribution in [-0.2, 0) is 0 Å². The molecule has 0 amide bonds. The van der Waals surface area contributed by atoms with Gasteiger partial charge in [0.2, 0.25) is 0 Å². The molecule has 0 aliphatic heterocycles. The molecular weight excluding hydrogens is 276 g/mol. The topological polar surface area (TPSA) is 24.9 Å². The lowest BCUT2D eigenvalue weighted by Crippen LogP contribution is -2.23. The first-order valence-corrected chi connectivity index (χ1v) is 8.34. The van der Waals surface area contributed by atoms with Crippen LogP contribution in [0.5, 0.6) is 0 Å². The van der Waals surface area contributed by atoms with Gasteiger partial charge in [-0.15, -0.1) is 0 Å². The monoisotopic (exact) mass is 296 g/mol. The summed E-state index contributed by atoms with van der Waals surface area (Å²) >= 11 is 1.77. The standard InChI is InChI=1S/C18H20N2S/c1-3-8-20-18(17-12-21-11-13(17)2)15-6-4-5-14-7-9-19-10-16(14)15/h4-7,9-12,18,20H,3,8H2,1-2H3. The molecule has 2 aromatic heterocycles. The second kappa shape index (κ2) is 6.37. The SMILES string of the molecule is CCCNC(c1cscc1C)c1cccc2ccncc12. The molecule has 3 aromatic rings. The van der Waals surface area contributed by atoms with E-state index in [0.717, 1.165) is 13.0 Å². The maximum Gasteiger partial charge on any atom is 0.0594 e. The first-order chi connectivity index (χ1) is 10.3. The molecule has 1 aromatic carbocycles. The largest absolute Gasteiger partial charge is 0.306 e. The van der Waals surface area contributed by atoms with Crippen molar-refractivity contribution in [1.82, 2.24) is 10.3 Å². The van der Waals surface area contributed by atoms with Crippen molar-refractivity contribution in [2.24, 2.45) is 0 Å². The number of nitrogens with one attached hydrogen (secondary N) is 1. The number of pyridine rings is 1. The van der Waals surface area contributed by atoms with E-state index in [4.69, 9.17) is 0 Å². The first kappa shape index (κ1) is 14.2. The zero-order valence-electron chi connectivity index (χ0n) is 12.5. The lowest BCUT2D eigenvalue weighted by Gasteiger charge is -2.21.